The molecule has 0 aromatic rings. The van der Waals surface area contributed by atoms with Crippen molar-refractivity contribution < 1.29 is 48.6 Å². The van der Waals surface area contributed by atoms with Crippen LogP contribution in [-0.4, -0.2) is 99.1 Å². The highest BCUT2D eigenvalue weighted by Crippen LogP contribution is 2.54. The Morgan fingerprint density at radius 2 is 1.64 bits per heavy atom. The molecule has 0 saturated carbocycles. The van der Waals surface area contributed by atoms with Gasteiger partial charge in [-0.1, -0.05) is 67.4 Å². The van der Waals surface area contributed by atoms with Gasteiger partial charge in [-0.15, -0.1) is 6.42 Å². The number of aliphatic hydroxyl groups is 2. The largest absolute Gasteiger partial charge is 0.481 e. The number of aliphatic hydroxyl groups excluding tert-OH is 1. The maximum Gasteiger partial charge on any atom is 0.309 e. The molecule has 18 atom stereocenters. The average Bonchev–Trinajstić information content (AvgIpc) is 3.51. The van der Waals surface area contributed by atoms with Gasteiger partial charge in [0.05, 0.1) is 66.3 Å². The molecule has 1 unspecified atom stereocenters. The summed E-state index contributed by atoms with van der Waals surface area (Å²) in [6.07, 6.45) is 13.2. The number of terminal acetylenes is 1. The van der Waals surface area contributed by atoms with Crippen LogP contribution in [0.25, 0.3) is 0 Å². The predicted molar refractivity (Wildman–Crippen MR) is 213 cm³/mol. The van der Waals surface area contributed by atoms with Gasteiger partial charge < -0.3 is 39.0 Å². The molecule has 11 nitrogen and oxygen atoms in total. The van der Waals surface area contributed by atoms with Gasteiger partial charge in [0.25, 0.3) is 0 Å². The molecule has 5 rings (SSSR count). The molecule has 0 amide bonds. The van der Waals surface area contributed by atoms with E-state index in [1.54, 1.807) is 6.92 Å². The molecule has 56 heavy (non-hydrogen) atoms. The van der Waals surface area contributed by atoms with E-state index in [1.165, 1.54) is 0 Å². The Labute approximate surface area is 336 Å². The summed E-state index contributed by atoms with van der Waals surface area (Å²) >= 11 is 0. The maximum atomic E-state index is 14.6. The van der Waals surface area contributed by atoms with E-state index in [-0.39, 0.29) is 53.8 Å². The van der Waals surface area contributed by atoms with Crippen LogP contribution in [0.1, 0.15) is 133 Å². The molecule has 4 fully saturated rings. The van der Waals surface area contributed by atoms with Crippen LogP contribution in [0, 0.1) is 53.8 Å². The normalized spacial score (nSPS) is 44.2. The van der Waals surface area contributed by atoms with Gasteiger partial charge >= 0.3 is 5.97 Å². The first-order chi connectivity index (χ1) is 26.3. The Morgan fingerprint density at radius 3 is 2.25 bits per heavy atom. The summed E-state index contributed by atoms with van der Waals surface area (Å²) in [7, 11) is 0. The highest BCUT2D eigenvalue weighted by molar-refractivity contribution is 5.84. The molecular weight excluding hydrogens is 714 g/mol. The van der Waals surface area contributed by atoms with Crippen LogP contribution in [0.15, 0.2) is 12.2 Å². The van der Waals surface area contributed by atoms with Crippen LogP contribution in [0.5, 0.6) is 0 Å². The standard InChI is InChI=1S/C45H73NO10/c1-12-24-46-35-18-21-44(56-45(35)23-22-42(11,55-45)36-19-20-43(51,15-4)31(10)52-36)28(7)25-27(6)40(54-44)33(14-3)38(48)29(8)37(47)30(9)39-26(5)16-17-34(53-39)32(13-2)41(49)50/h1,18,21,26-37,39-40,46-47,51H,13-17,19-20,22-25H2,2-11H3,(H,49,50)/t26-,27-,28+,29-,30-,31-,32+,33-,34+,35+,36+,37+,39+,40-,42-,43+,44?,45-/m0/s1. The van der Waals surface area contributed by atoms with Crippen LogP contribution in [0.3, 0.4) is 0 Å². The smallest absolute Gasteiger partial charge is 0.309 e. The fourth-order valence-corrected chi connectivity index (χ4v) is 10.9. The molecule has 0 aliphatic carbocycles. The Bertz CT molecular complexity index is 1450. The summed E-state index contributed by atoms with van der Waals surface area (Å²) in [5, 5.41) is 36.2. The zero-order valence-corrected chi connectivity index (χ0v) is 35.8. The first kappa shape index (κ1) is 45.2. The van der Waals surface area contributed by atoms with Crippen molar-refractivity contribution in [2.45, 2.75) is 199 Å². The molecule has 0 bridgehead atoms. The lowest BCUT2D eigenvalue weighted by atomic mass is 9.72. The second-order valence-electron chi connectivity index (χ2n) is 18.5. The summed E-state index contributed by atoms with van der Waals surface area (Å²) in [5.41, 5.74) is -1.55. The van der Waals surface area contributed by atoms with E-state index < -0.39 is 64.8 Å². The van der Waals surface area contributed by atoms with E-state index >= 15 is 0 Å². The fraction of sp³-hybridized carbons (Fsp3) is 0.867. The lowest BCUT2D eigenvalue weighted by Gasteiger charge is -2.55. The number of hydrogen-bond acceptors (Lipinski definition) is 10. The van der Waals surface area contributed by atoms with E-state index in [9.17, 15) is 24.9 Å². The van der Waals surface area contributed by atoms with Crippen molar-refractivity contribution in [3.63, 3.8) is 0 Å². The number of Topliss-reactive ketones (excluding diaryl/α,β-unsaturated/α-hetero) is 1. The minimum absolute atomic E-state index is 0.0326. The van der Waals surface area contributed by atoms with Gasteiger partial charge in [-0.05, 0) is 89.5 Å². The quantitative estimate of drug-likeness (QED) is 0.114. The zero-order chi connectivity index (χ0) is 41.4. The molecular formula is C45H73NO10. The molecule has 4 N–H and O–H groups in total. The van der Waals surface area contributed by atoms with E-state index in [0.29, 0.717) is 57.9 Å². The number of nitrogens with one attached hydrogen (secondary N) is 1. The number of carboxylic acid groups (broad SMARTS) is 1. The first-order valence-corrected chi connectivity index (χ1v) is 21.8. The van der Waals surface area contributed by atoms with Crippen molar-refractivity contribution >= 4 is 11.8 Å². The number of rotatable bonds is 14. The van der Waals surface area contributed by atoms with Crippen LogP contribution >= 0.6 is 0 Å². The van der Waals surface area contributed by atoms with Crippen molar-refractivity contribution in [2.75, 3.05) is 6.54 Å². The van der Waals surface area contributed by atoms with Crippen molar-refractivity contribution in [3.8, 4) is 12.3 Å². The molecule has 0 radical (unpaired) electrons. The molecule has 4 saturated heterocycles. The lowest BCUT2D eigenvalue weighted by Crippen LogP contribution is -2.65. The number of hydrogen-bond donors (Lipinski definition) is 4. The molecule has 5 heterocycles. The second-order valence-corrected chi connectivity index (χ2v) is 18.5. The van der Waals surface area contributed by atoms with Crippen LogP contribution in [0.2, 0.25) is 0 Å². The van der Waals surface area contributed by atoms with Gasteiger partial charge in [0.15, 0.2) is 11.6 Å². The van der Waals surface area contributed by atoms with E-state index in [0.717, 1.165) is 12.8 Å². The topological polar surface area (TPSA) is 153 Å². The molecule has 2 spiro atoms. The number of carbonyl (C=O) groups excluding carboxylic acids is 1. The molecule has 0 aromatic carbocycles. The summed E-state index contributed by atoms with van der Waals surface area (Å²) in [5.74, 6) is -2.65. The third kappa shape index (κ3) is 8.56. The van der Waals surface area contributed by atoms with Crippen LogP contribution in [-0.2, 0) is 33.3 Å². The molecule has 5 aliphatic rings. The van der Waals surface area contributed by atoms with Crippen molar-refractivity contribution in [3.05, 3.63) is 12.2 Å². The number of carbonyl (C=O) groups is 2. The third-order valence-electron chi connectivity index (χ3n) is 14.9. The minimum Gasteiger partial charge on any atom is -0.481 e. The van der Waals surface area contributed by atoms with Gasteiger partial charge in [0, 0.05) is 30.1 Å². The predicted octanol–water partition coefficient (Wildman–Crippen LogP) is 6.42. The average molecular weight is 788 g/mol. The van der Waals surface area contributed by atoms with Gasteiger partial charge in [-0.2, -0.15) is 0 Å². The fourth-order valence-electron chi connectivity index (χ4n) is 10.9. The highest BCUT2D eigenvalue weighted by Gasteiger charge is 2.63. The van der Waals surface area contributed by atoms with E-state index in [2.05, 4.69) is 45.0 Å². The zero-order valence-electron chi connectivity index (χ0n) is 35.8. The highest BCUT2D eigenvalue weighted by atomic mass is 16.8. The number of aliphatic carboxylic acids is 1. The van der Waals surface area contributed by atoms with Crippen molar-refractivity contribution in [1.82, 2.24) is 5.32 Å². The molecule has 11 heteroatoms. The second kappa shape index (κ2) is 17.8. The van der Waals surface area contributed by atoms with Crippen LogP contribution in [0.4, 0.5) is 0 Å². The number of carboxylic acids is 1. The number of ether oxygens (including phenoxy) is 5. The SMILES string of the molecule is C#CCN[C@@H]1C=CC2(O[C@H]([C@@H](CC)C(=O)[C@@H](C)[C@@H](O)[C@H](C)[C@@H]3O[C@@H]([C@@H](CC)C(=O)O)CC[C@@H]3C)[C@@H](C)C[C@H]2C)O[C@@]12CC[C@@](C)([C@H]1CC[C@](O)(CC)[C@H](C)O1)O2. The Kier molecular flexibility index (Phi) is 14.3. The van der Waals surface area contributed by atoms with Crippen LogP contribution < -0.4 is 5.32 Å². The molecule has 5 aliphatic heterocycles. The summed E-state index contributed by atoms with van der Waals surface area (Å²) in [4.78, 5) is 26.5. The van der Waals surface area contributed by atoms with E-state index in [4.69, 9.17) is 30.1 Å². The minimum atomic E-state index is -1.18. The summed E-state index contributed by atoms with van der Waals surface area (Å²) in [6, 6.07) is -0.361. The van der Waals surface area contributed by atoms with Gasteiger partial charge in [0.1, 0.15) is 5.78 Å². The van der Waals surface area contributed by atoms with Gasteiger partial charge in [-0.25, -0.2) is 0 Å². The first-order valence-electron chi connectivity index (χ1n) is 21.8. The lowest BCUT2D eigenvalue weighted by molar-refractivity contribution is -0.398. The summed E-state index contributed by atoms with van der Waals surface area (Å²) < 4.78 is 34.4. The van der Waals surface area contributed by atoms with Gasteiger partial charge in [0.2, 0.25) is 0 Å². The monoisotopic (exact) mass is 788 g/mol. The van der Waals surface area contributed by atoms with Crippen molar-refractivity contribution in [1.29, 1.82) is 0 Å². The Balaban J connectivity index is 1.36. The van der Waals surface area contributed by atoms with Gasteiger partial charge in [-0.3, -0.25) is 14.9 Å². The number of ketones is 1. The molecule has 0 aromatic heterocycles. The van der Waals surface area contributed by atoms with Crippen molar-refractivity contribution in [2.24, 2.45) is 41.4 Å². The third-order valence-corrected chi connectivity index (χ3v) is 14.9. The molecule has 318 valence electrons. The Hall–Kier alpha value is -1.88. The maximum absolute atomic E-state index is 14.6. The van der Waals surface area contributed by atoms with E-state index in [1.807, 2.05) is 40.7 Å². The Morgan fingerprint density at radius 1 is 0.946 bits per heavy atom. The summed E-state index contributed by atoms with van der Waals surface area (Å²) in [6.45, 7) is 20.2.